The molecular weight excluding hydrogens is 300 g/mol. The second-order valence-corrected chi connectivity index (χ2v) is 5.48. The first kappa shape index (κ1) is 22.4. The standard InChI is InChI=1S/C16H31BO2.Zn/c1-2-3-4-5-6-7-8-9-10-11-12-13-14-15-16(18)19-17;/h2-15H2,1H3;. The molecule has 0 amide bonds. The van der Waals surface area contributed by atoms with Crippen LogP contribution >= 0.6 is 0 Å². The van der Waals surface area contributed by atoms with Crippen molar-refractivity contribution in [2.75, 3.05) is 0 Å². The Kier molecular flexibility index (Phi) is 21.5. The third-order valence-electron chi connectivity index (χ3n) is 3.62. The molecule has 0 aliphatic heterocycles. The van der Waals surface area contributed by atoms with Crippen molar-refractivity contribution in [1.29, 1.82) is 0 Å². The van der Waals surface area contributed by atoms with Crippen LogP contribution in [0.15, 0.2) is 0 Å². The van der Waals surface area contributed by atoms with E-state index in [9.17, 15) is 4.79 Å². The molecule has 0 aromatic carbocycles. The van der Waals surface area contributed by atoms with Crippen LogP contribution in [0.1, 0.15) is 96.8 Å². The summed E-state index contributed by atoms with van der Waals surface area (Å²) >= 11 is 0. The van der Waals surface area contributed by atoms with E-state index in [1.165, 1.54) is 70.6 Å². The van der Waals surface area contributed by atoms with Gasteiger partial charge in [0, 0.05) is 25.9 Å². The molecule has 0 aliphatic rings. The second kappa shape index (κ2) is 19.2. The Morgan fingerprint density at radius 1 is 0.750 bits per heavy atom. The van der Waals surface area contributed by atoms with Gasteiger partial charge in [-0.05, 0) is 6.42 Å². The van der Waals surface area contributed by atoms with Crippen molar-refractivity contribution in [1.82, 2.24) is 0 Å². The zero-order chi connectivity index (χ0) is 14.2. The fraction of sp³-hybridized carbons (Fsp3) is 0.938. The Bertz CT molecular complexity index is 201. The molecule has 0 aromatic rings. The van der Waals surface area contributed by atoms with E-state index in [1.54, 1.807) is 0 Å². The van der Waals surface area contributed by atoms with Crippen LogP contribution in [0, 0.1) is 0 Å². The first-order valence-electron chi connectivity index (χ1n) is 8.20. The fourth-order valence-electron chi connectivity index (χ4n) is 2.35. The summed E-state index contributed by atoms with van der Waals surface area (Å²) in [5, 5.41) is 0. The van der Waals surface area contributed by atoms with E-state index in [0.717, 1.165) is 12.8 Å². The number of hydrogen-bond donors (Lipinski definition) is 0. The fourth-order valence-corrected chi connectivity index (χ4v) is 2.35. The molecule has 0 aromatic heterocycles. The maximum Gasteiger partial charge on any atom is 0.378 e. The van der Waals surface area contributed by atoms with Crippen molar-refractivity contribution < 1.29 is 28.9 Å². The molecule has 0 N–H and O–H groups in total. The van der Waals surface area contributed by atoms with E-state index in [1.807, 2.05) is 0 Å². The summed E-state index contributed by atoms with van der Waals surface area (Å²) in [6, 6.07) is 0. The van der Waals surface area contributed by atoms with Crippen LogP contribution in [-0.2, 0) is 28.9 Å². The van der Waals surface area contributed by atoms with E-state index in [4.69, 9.17) is 8.05 Å². The average Bonchev–Trinajstić information content (AvgIpc) is 2.43. The monoisotopic (exact) mass is 330 g/mol. The molecular formula is C16H31BO2Zn. The normalized spacial score (nSPS) is 10.1. The van der Waals surface area contributed by atoms with Crippen LogP contribution in [-0.4, -0.2) is 14.0 Å². The summed E-state index contributed by atoms with van der Waals surface area (Å²) in [6.45, 7) is 2.26. The predicted molar refractivity (Wildman–Crippen MR) is 82.2 cm³/mol. The molecule has 4 heteroatoms. The van der Waals surface area contributed by atoms with Crippen molar-refractivity contribution >= 4 is 14.0 Å². The zero-order valence-electron chi connectivity index (χ0n) is 13.5. The Morgan fingerprint density at radius 2 is 1.10 bits per heavy atom. The summed E-state index contributed by atoms with van der Waals surface area (Å²) in [6.07, 6.45) is 17.5. The molecule has 0 fully saturated rings. The summed E-state index contributed by atoms with van der Waals surface area (Å²) in [7, 11) is 4.77. The second-order valence-electron chi connectivity index (χ2n) is 5.48. The topological polar surface area (TPSA) is 26.3 Å². The largest absolute Gasteiger partial charge is 0.543 e. The third-order valence-corrected chi connectivity index (χ3v) is 3.62. The number of rotatable bonds is 14. The van der Waals surface area contributed by atoms with Crippen molar-refractivity contribution in [2.24, 2.45) is 0 Å². The Morgan fingerprint density at radius 3 is 1.45 bits per heavy atom. The van der Waals surface area contributed by atoms with Crippen molar-refractivity contribution in [3.05, 3.63) is 0 Å². The molecule has 0 rings (SSSR count). The van der Waals surface area contributed by atoms with Gasteiger partial charge in [-0.25, -0.2) is 0 Å². The van der Waals surface area contributed by atoms with E-state index < -0.39 is 0 Å². The molecule has 2 nitrogen and oxygen atoms in total. The Labute approximate surface area is 140 Å². The summed E-state index contributed by atoms with van der Waals surface area (Å²) in [4.78, 5) is 10.8. The maximum atomic E-state index is 10.8. The first-order valence-corrected chi connectivity index (χ1v) is 8.20. The molecule has 0 saturated carbocycles. The smallest absolute Gasteiger partial charge is 0.378 e. The van der Waals surface area contributed by atoms with Crippen LogP contribution in [0.5, 0.6) is 0 Å². The van der Waals surface area contributed by atoms with E-state index in [0.29, 0.717) is 6.42 Å². The van der Waals surface area contributed by atoms with Gasteiger partial charge in [0.1, 0.15) is 0 Å². The van der Waals surface area contributed by atoms with Crippen LogP contribution in [0.25, 0.3) is 0 Å². The molecule has 0 bridgehead atoms. The molecule has 0 aliphatic carbocycles. The molecule has 0 spiro atoms. The van der Waals surface area contributed by atoms with Gasteiger partial charge in [0.05, 0.1) is 0 Å². The molecule has 112 valence electrons. The number of carbonyl (C=O) groups is 1. The molecule has 0 atom stereocenters. The Hall–Kier alpha value is 0.158. The van der Waals surface area contributed by atoms with E-state index in [-0.39, 0.29) is 25.4 Å². The predicted octanol–water partition coefficient (Wildman–Crippen LogP) is 5.09. The molecule has 2 radical (unpaired) electrons. The van der Waals surface area contributed by atoms with E-state index in [2.05, 4.69) is 11.6 Å². The summed E-state index contributed by atoms with van der Waals surface area (Å²) < 4.78 is 4.12. The summed E-state index contributed by atoms with van der Waals surface area (Å²) in [5.41, 5.74) is 0. The molecule has 0 unspecified atom stereocenters. The van der Waals surface area contributed by atoms with Crippen molar-refractivity contribution in [3.63, 3.8) is 0 Å². The van der Waals surface area contributed by atoms with Gasteiger partial charge in [0.15, 0.2) is 0 Å². The van der Waals surface area contributed by atoms with Crippen LogP contribution < -0.4 is 0 Å². The summed E-state index contributed by atoms with van der Waals surface area (Å²) in [5.74, 6) is -0.289. The van der Waals surface area contributed by atoms with Gasteiger partial charge in [-0.2, -0.15) is 0 Å². The Balaban J connectivity index is 0. The number of unbranched alkanes of at least 4 members (excludes halogenated alkanes) is 12. The zero-order valence-corrected chi connectivity index (χ0v) is 16.5. The van der Waals surface area contributed by atoms with Crippen molar-refractivity contribution in [3.8, 4) is 0 Å². The third kappa shape index (κ3) is 18.2. The van der Waals surface area contributed by atoms with Gasteiger partial charge in [-0.3, -0.25) is 4.79 Å². The minimum atomic E-state index is -0.289. The maximum absolute atomic E-state index is 10.8. The van der Waals surface area contributed by atoms with Crippen LogP contribution in [0.3, 0.4) is 0 Å². The van der Waals surface area contributed by atoms with Crippen molar-refractivity contribution in [2.45, 2.75) is 96.8 Å². The van der Waals surface area contributed by atoms with Gasteiger partial charge in [-0.15, -0.1) is 0 Å². The number of hydrogen-bond acceptors (Lipinski definition) is 2. The average molecular weight is 332 g/mol. The van der Waals surface area contributed by atoms with Gasteiger partial charge in [0.25, 0.3) is 5.97 Å². The van der Waals surface area contributed by atoms with Gasteiger partial charge < -0.3 is 4.65 Å². The van der Waals surface area contributed by atoms with Gasteiger partial charge in [-0.1, -0.05) is 84.0 Å². The number of carbonyl (C=O) groups excluding carboxylic acids is 1. The van der Waals surface area contributed by atoms with E-state index >= 15 is 0 Å². The molecule has 0 saturated heterocycles. The molecule has 0 heterocycles. The minimum Gasteiger partial charge on any atom is -0.543 e. The van der Waals surface area contributed by atoms with Crippen LogP contribution in [0.4, 0.5) is 0 Å². The molecule has 20 heavy (non-hydrogen) atoms. The quantitative estimate of drug-likeness (QED) is 0.327. The van der Waals surface area contributed by atoms with Gasteiger partial charge >= 0.3 is 8.05 Å². The SMILES string of the molecule is [B]OC(=O)CCCCCCCCCCCCCCC.[Zn]. The first-order chi connectivity index (χ1) is 9.31. The van der Waals surface area contributed by atoms with Crippen LogP contribution in [0.2, 0.25) is 0 Å². The van der Waals surface area contributed by atoms with Gasteiger partial charge in [0.2, 0.25) is 0 Å². The minimum absolute atomic E-state index is 0.